The number of para-hydroxylation sites is 2. The standard InChI is InChI=1S/C14H14ClO4P/c1-2-12-8-6-7-11-14(12)18-20(16,19-15)17-13-9-4-3-5-10-13/h3-11H,2H2,1H3. The van der Waals surface area contributed by atoms with Crippen molar-refractivity contribution in [2.75, 3.05) is 0 Å². The highest BCUT2D eigenvalue weighted by molar-refractivity contribution is 7.50. The Balaban J connectivity index is 2.21. The molecular weight excluding hydrogens is 299 g/mol. The van der Waals surface area contributed by atoms with Crippen molar-refractivity contribution >= 4 is 19.7 Å². The average Bonchev–Trinajstić information content (AvgIpc) is 2.49. The van der Waals surface area contributed by atoms with Crippen molar-refractivity contribution in [3.63, 3.8) is 0 Å². The molecular formula is C14H14ClO4P. The quantitative estimate of drug-likeness (QED) is 0.705. The van der Waals surface area contributed by atoms with Crippen molar-refractivity contribution in [3.8, 4) is 11.5 Å². The Morgan fingerprint density at radius 1 is 1.00 bits per heavy atom. The summed E-state index contributed by atoms with van der Waals surface area (Å²) in [7, 11) is -3.92. The van der Waals surface area contributed by atoms with E-state index in [0.29, 0.717) is 11.5 Å². The van der Waals surface area contributed by atoms with E-state index in [1.54, 1.807) is 36.4 Å². The lowest BCUT2D eigenvalue weighted by Gasteiger charge is -2.17. The summed E-state index contributed by atoms with van der Waals surface area (Å²) in [6.07, 6.45) is 0.726. The molecule has 0 amide bonds. The Bertz CT molecular complexity index is 603. The fourth-order valence-electron chi connectivity index (χ4n) is 1.66. The summed E-state index contributed by atoms with van der Waals surface area (Å²) >= 11 is 5.29. The van der Waals surface area contributed by atoms with Gasteiger partial charge in [0, 0.05) is 0 Å². The van der Waals surface area contributed by atoms with E-state index in [1.165, 1.54) is 0 Å². The lowest BCUT2D eigenvalue weighted by molar-refractivity contribution is 0.307. The Morgan fingerprint density at radius 2 is 1.65 bits per heavy atom. The minimum atomic E-state index is -3.92. The van der Waals surface area contributed by atoms with E-state index < -0.39 is 7.82 Å². The van der Waals surface area contributed by atoms with Crippen LogP contribution in [0, 0.1) is 0 Å². The fraction of sp³-hybridized carbons (Fsp3) is 0.143. The predicted octanol–water partition coefficient (Wildman–Crippen LogP) is 4.99. The van der Waals surface area contributed by atoms with Gasteiger partial charge in [-0.3, -0.25) is 0 Å². The molecule has 0 N–H and O–H groups in total. The first-order chi connectivity index (χ1) is 9.67. The number of benzene rings is 2. The number of phosphoric acid groups is 1. The zero-order valence-corrected chi connectivity index (χ0v) is 12.5. The van der Waals surface area contributed by atoms with Crippen LogP contribution >= 0.6 is 19.7 Å². The summed E-state index contributed by atoms with van der Waals surface area (Å²) in [5.74, 6) is 0.778. The van der Waals surface area contributed by atoms with Crippen LogP contribution in [0.1, 0.15) is 12.5 Å². The molecule has 20 heavy (non-hydrogen) atoms. The summed E-state index contributed by atoms with van der Waals surface area (Å²) in [4.78, 5) is 0. The summed E-state index contributed by atoms with van der Waals surface area (Å²) in [5, 5.41) is 0. The number of hydrogen-bond donors (Lipinski definition) is 0. The van der Waals surface area contributed by atoms with Gasteiger partial charge in [-0.05, 0) is 30.2 Å². The van der Waals surface area contributed by atoms with Crippen molar-refractivity contribution in [3.05, 3.63) is 60.2 Å². The van der Waals surface area contributed by atoms with E-state index in [2.05, 4.69) is 4.08 Å². The lowest BCUT2D eigenvalue weighted by Crippen LogP contribution is -2.02. The molecule has 2 aromatic rings. The fourth-order valence-corrected chi connectivity index (χ4v) is 2.72. The largest absolute Gasteiger partial charge is 0.604 e. The zero-order chi connectivity index (χ0) is 14.4. The first-order valence-corrected chi connectivity index (χ1v) is 7.86. The van der Waals surface area contributed by atoms with Gasteiger partial charge in [0.25, 0.3) is 0 Å². The van der Waals surface area contributed by atoms with Crippen LogP contribution in [0.4, 0.5) is 0 Å². The van der Waals surface area contributed by atoms with E-state index in [0.717, 1.165) is 12.0 Å². The molecule has 1 atom stereocenters. The molecule has 0 aliphatic rings. The molecule has 1 unspecified atom stereocenters. The maximum Gasteiger partial charge on any atom is 0.604 e. The third kappa shape index (κ3) is 3.76. The van der Waals surface area contributed by atoms with Gasteiger partial charge in [-0.2, -0.15) is 4.08 Å². The molecule has 0 aliphatic heterocycles. The number of aryl methyl sites for hydroxylation is 1. The first kappa shape index (κ1) is 14.9. The number of rotatable bonds is 6. The number of halogens is 1. The average molecular weight is 313 g/mol. The molecule has 0 fully saturated rings. The van der Waals surface area contributed by atoms with Crippen LogP contribution < -0.4 is 9.05 Å². The van der Waals surface area contributed by atoms with Gasteiger partial charge in [-0.15, -0.1) is 0 Å². The van der Waals surface area contributed by atoms with Crippen LogP contribution in [-0.2, 0) is 15.1 Å². The highest BCUT2D eigenvalue weighted by Crippen LogP contribution is 2.51. The van der Waals surface area contributed by atoms with Crippen molar-refractivity contribution in [1.82, 2.24) is 0 Å². The van der Waals surface area contributed by atoms with Crippen molar-refractivity contribution in [2.45, 2.75) is 13.3 Å². The Kier molecular flexibility index (Phi) is 5.07. The molecule has 106 valence electrons. The zero-order valence-electron chi connectivity index (χ0n) is 10.9. The van der Waals surface area contributed by atoms with E-state index in [4.69, 9.17) is 20.9 Å². The Morgan fingerprint density at radius 3 is 2.30 bits per heavy atom. The van der Waals surface area contributed by atoms with Crippen LogP contribution in [0.3, 0.4) is 0 Å². The first-order valence-electron chi connectivity index (χ1n) is 6.09. The van der Waals surface area contributed by atoms with E-state index in [-0.39, 0.29) is 0 Å². The minimum Gasteiger partial charge on any atom is -0.394 e. The summed E-state index contributed by atoms with van der Waals surface area (Å²) in [6.45, 7) is 1.97. The molecule has 0 saturated heterocycles. The molecule has 2 aromatic carbocycles. The van der Waals surface area contributed by atoms with Crippen LogP contribution in [-0.4, -0.2) is 0 Å². The van der Waals surface area contributed by atoms with Gasteiger partial charge < -0.3 is 9.05 Å². The molecule has 6 heteroatoms. The maximum absolute atomic E-state index is 12.4. The maximum atomic E-state index is 12.4. The van der Waals surface area contributed by atoms with Gasteiger partial charge in [-0.1, -0.05) is 43.3 Å². The Hall–Kier alpha value is -1.48. The Labute approximate surface area is 123 Å². The molecule has 4 nitrogen and oxygen atoms in total. The van der Waals surface area contributed by atoms with Crippen LogP contribution in [0.2, 0.25) is 0 Å². The second-order valence-electron chi connectivity index (χ2n) is 3.97. The molecule has 0 heterocycles. The number of hydrogen-bond acceptors (Lipinski definition) is 4. The van der Waals surface area contributed by atoms with Crippen LogP contribution in [0.25, 0.3) is 0 Å². The summed E-state index contributed by atoms with van der Waals surface area (Å²) < 4.78 is 27.4. The topological polar surface area (TPSA) is 44.8 Å². The third-order valence-corrected chi connectivity index (χ3v) is 4.14. The van der Waals surface area contributed by atoms with Gasteiger partial charge in [0.1, 0.15) is 11.5 Å². The molecule has 0 bridgehead atoms. The highest BCUT2D eigenvalue weighted by Gasteiger charge is 2.31. The normalized spacial score (nSPS) is 13.5. The molecule has 0 radical (unpaired) electrons. The molecule has 0 aromatic heterocycles. The minimum absolute atomic E-state index is 0.352. The molecule has 0 saturated carbocycles. The van der Waals surface area contributed by atoms with Gasteiger partial charge in [0.15, 0.2) is 0 Å². The molecule has 0 aliphatic carbocycles. The van der Waals surface area contributed by atoms with Gasteiger partial charge in [0.2, 0.25) is 0 Å². The van der Waals surface area contributed by atoms with Gasteiger partial charge >= 0.3 is 7.82 Å². The van der Waals surface area contributed by atoms with Crippen molar-refractivity contribution in [1.29, 1.82) is 0 Å². The predicted molar refractivity (Wildman–Crippen MR) is 78.1 cm³/mol. The third-order valence-electron chi connectivity index (χ3n) is 2.61. The van der Waals surface area contributed by atoms with Crippen LogP contribution in [0.5, 0.6) is 11.5 Å². The van der Waals surface area contributed by atoms with E-state index in [1.807, 2.05) is 25.1 Å². The lowest BCUT2D eigenvalue weighted by atomic mass is 10.1. The molecule has 0 spiro atoms. The van der Waals surface area contributed by atoms with Crippen LogP contribution in [0.15, 0.2) is 54.6 Å². The molecule has 2 rings (SSSR count). The second-order valence-corrected chi connectivity index (χ2v) is 5.78. The summed E-state index contributed by atoms with van der Waals surface area (Å²) in [5.41, 5.74) is 0.887. The number of phosphoric ester groups is 1. The highest BCUT2D eigenvalue weighted by atomic mass is 35.5. The summed E-state index contributed by atoms with van der Waals surface area (Å²) in [6, 6.07) is 15.8. The smallest absolute Gasteiger partial charge is 0.394 e. The van der Waals surface area contributed by atoms with Crippen molar-refractivity contribution in [2.24, 2.45) is 0 Å². The monoisotopic (exact) mass is 312 g/mol. The SMILES string of the molecule is CCc1ccccc1OP(=O)(OCl)Oc1ccccc1. The second kappa shape index (κ2) is 6.80. The van der Waals surface area contributed by atoms with E-state index in [9.17, 15) is 4.57 Å². The van der Waals surface area contributed by atoms with Crippen molar-refractivity contribution < 1.29 is 17.7 Å². The van der Waals surface area contributed by atoms with Gasteiger partial charge in [-0.25, -0.2) is 4.57 Å². The van der Waals surface area contributed by atoms with Gasteiger partial charge in [0.05, 0.1) is 11.9 Å². The van der Waals surface area contributed by atoms with E-state index >= 15 is 0 Å².